The van der Waals surface area contributed by atoms with Gasteiger partial charge < -0.3 is 18.0 Å². The van der Waals surface area contributed by atoms with Gasteiger partial charge in [0.05, 0.1) is 12.2 Å². The summed E-state index contributed by atoms with van der Waals surface area (Å²) in [4.78, 5) is 0. The molecule has 1 aliphatic carbocycles. The number of hydrogen-bond donors (Lipinski definition) is 0. The molecule has 0 amide bonds. The minimum Gasteiger partial charge on any atom is -0.377 e. The van der Waals surface area contributed by atoms with E-state index in [1.807, 2.05) is 0 Å². The third-order valence-electron chi connectivity index (χ3n) is 3.36. The average molecular weight is 218 g/mol. The van der Waals surface area contributed by atoms with Gasteiger partial charge in [0.25, 0.3) is 0 Å². The summed E-state index contributed by atoms with van der Waals surface area (Å²) in [5, 5.41) is 0. The fraction of sp³-hybridized carbons (Fsp3) is 1.00. The SMILES string of the molecule is CO[Si](OC)(OC)[C@@H]1CC[C@H]2O[C@@H]2C1. The standard InChI is InChI=1S/C9H18O4Si/c1-10-14(11-2,12-3)7-4-5-8-9(6-7)13-8/h7-9H,4-6H2,1-3H3/t7-,8-,9-/m1/s1. The second-order valence-corrected chi connectivity index (χ2v) is 7.19. The third-order valence-corrected chi connectivity index (χ3v) is 6.59. The molecule has 1 heterocycles. The highest BCUT2D eigenvalue weighted by Crippen LogP contribution is 2.46. The van der Waals surface area contributed by atoms with E-state index in [0.717, 1.165) is 19.3 Å². The van der Waals surface area contributed by atoms with Crippen molar-refractivity contribution in [2.75, 3.05) is 21.3 Å². The van der Waals surface area contributed by atoms with Gasteiger partial charge in [0, 0.05) is 26.9 Å². The molecule has 0 N–H and O–H groups in total. The van der Waals surface area contributed by atoms with E-state index in [2.05, 4.69) is 0 Å². The molecule has 4 nitrogen and oxygen atoms in total. The highest BCUT2D eigenvalue weighted by atomic mass is 28.4. The minimum absolute atomic E-state index is 0.409. The molecule has 5 heteroatoms. The summed E-state index contributed by atoms with van der Waals surface area (Å²) in [5.74, 6) is 0. The van der Waals surface area contributed by atoms with E-state index in [0.29, 0.717) is 17.7 Å². The first-order valence-corrected chi connectivity index (χ1v) is 6.87. The van der Waals surface area contributed by atoms with Gasteiger partial charge in [0.1, 0.15) is 0 Å². The van der Waals surface area contributed by atoms with Crippen molar-refractivity contribution < 1.29 is 18.0 Å². The zero-order valence-corrected chi connectivity index (χ0v) is 9.99. The Morgan fingerprint density at radius 2 is 1.64 bits per heavy atom. The summed E-state index contributed by atoms with van der Waals surface area (Å²) in [6, 6.07) is 0. The Morgan fingerprint density at radius 1 is 1.00 bits per heavy atom. The van der Waals surface area contributed by atoms with Crippen LogP contribution in [0.4, 0.5) is 0 Å². The van der Waals surface area contributed by atoms with Gasteiger partial charge in [0.2, 0.25) is 0 Å². The molecule has 0 radical (unpaired) electrons. The number of fused-ring (bicyclic) bond motifs is 1. The Labute approximate surface area is 85.9 Å². The van der Waals surface area contributed by atoms with Crippen LogP contribution in [0.5, 0.6) is 0 Å². The average Bonchev–Trinajstić information content (AvgIpc) is 2.99. The van der Waals surface area contributed by atoms with Gasteiger partial charge >= 0.3 is 8.80 Å². The van der Waals surface area contributed by atoms with E-state index in [9.17, 15) is 0 Å². The summed E-state index contributed by atoms with van der Waals surface area (Å²) in [5.41, 5.74) is 0.409. The van der Waals surface area contributed by atoms with Crippen LogP contribution in [-0.2, 0) is 18.0 Å². The molecule has 0 unspecified atom stereocenters. The highest BCUT2D eigenvalue weighted by Gasteiger charge is 2.55. The Morgan fingerprint density at radius 3 is 2.14 bits per heavy atom. The molecule has 2 fully saturated rings. The summed E-state index contributed by atoms with van der Waals surface area (Å²) in [6.07, 6.45) is 4.22. The zero-order chi connectivity index (χ0) is 10.2. The van der Waals surface area contributed by atoms with E-state index < -0.39 is 8.80 Å². The van der Waals surface area contributed by atoms with Gasteiger partial charge in [-0.15, -0.1) is 0 Å². The maximum absolute atomic E-state index is 5.49. The molecule has 82 valence electrons. The molecule has 0 aromatic rings. The molecule has 2 rings (SSSR count). The molecule has 2 aliphatic rings. The van der Waals surface area contributed by atoms with E-state index in [1.165, 1.54) is 0 Å². The normalized spacial score (nSPS) is 36.6. The van der Waals surface area contributed by atoms with E-state index >= 15 is 0 Å². The highest BCUT2D eigenvalue weighted by molar-refractivity contribution is 6.62. The Bertz CT molecular complexity index is 199. The first kappa shape index (κ1) is 10.6. The van der Waals surface area contributed by atoms with Gasteiger partial charge in [-0.1, -0.05) is 0 Å². The molecule has 1 aliphatic heterocycles. The first-order valence-electron chi connectivity index (χ1n) is 5.06. The lowest BCUT2D eigenvalue weighted by Crippen LogP contribution is -2.48. The smallest absolute Gasteiger partial charge is 0.377 e. The van der Waals surface area contributed by atoms with Crippen molar-refractivity contribution in [3.8, 4) is 0 Å². The largest absolute Gasteiger partial charge is 0.503 e. The summed E-state index contributed by atoms with van der Waals surface area (Å²) < 4.78 is 21.9. The molecule has 1 saturated carbocycles. The molecular weight excluding hydrogens is 200 g/mol. The van der Waals surface area contributed by atoms with Crippen molar-refractivity contribution in [3.63, 3.8) is 0 Å². The second-order valence-electron chi connectivity index (χ2n) is 3.94. The maximum Gasteiger partial charge on any atom is 0.503 e. The predicted molar refractivity (Wildman–Crippen MR) is 53.0 cm³/mol. The molecular formula is C9H18O4Si. The van der Waals surface area contributed by atoms with Gasteiger partial charge in [-0.3, -0.25) is 0 Å². The first-order chi connectivity index (χ1) is 6.75. The molecule has 0 aromatic carbocycles. The maximum atomic E-state index is 5.49. The van der Waals surface area contributed by atoms with Crippen molar-refractivity contribution in [2.24, 2.45) is 0 Å². The lowest BCUT2D eigenvalue weighted by atomic mass is 10.0. The quantitative estimate of drug-likeness (QED) is 0.525. The topological polar surface area (TPSA) is 40.2 Å². The van der Waals surface area contributed by atoms with Gasteiger partial charge in [-0.05, 0) is 19.3 Å². The van der Waals surface area contributed by atoms with E-state index in [4.69, 9.17) is 18.0 Å². The van der Waals surface area contributed by atoms with Crippen LogP contribution in [0.1, 0.15) is 19.3 Å². The fourth-order valence-corrected chi connectivity index (χ4v) is 5.02. The van der Waals surface area contributed by atoms with Crippen LogP contribution < -0.4 is 0 Å². The Kier molecular flexibility index (Phi) is 2.95. The summed E-state index contributed by atoms with van der Waals surface area (Å²) >= 11 is 0. The third kappa shape index (κ3) is 1.63. The second kappa shape index (κ2) is 3.90. The van der Waals surface area contributed by atoms with Crippen molar-refractivity contribution in [1.82, 2.24) is 0 Å². The van der Waals surface area contributed by atoms with Gasteiger partial charge in [-0.25, -0.2) is 0 Å². The molecule has 14 heavy (non-hydrogen) atoms. The van der Waals surface area contributed by atoms with Crippen LogP contribution in [0.3, 0.4) is 0 Å². The fourth-order valence-electron chi connectivity index (χ4n) is 2.48. The minimum atomic E-state index is -2.41. The molecule has 0 bridgehead atoms. The van der Waals surface area contributed by atoms with Gasteiger partial charge in [0.15, 0.2) is 0 Å². The Balaban J connectivity index is 2.02. The number of ether oxygens (including phenoxy) is 1. The van der Waals surface area contributed by atoms with Crippen molar-refractivity contribution >= 4 is 8.80 Å². The monoisotopic (exact) mass is 218 g/mol. The molecule has 1 saturated heterocycles. The van der Waals surface area contributed by atoms with Crippen molar-refractivity contribution in [3.05, 3.63) is 0 Å². The lowest BCUT2D eigenvalue weighted by Gasteiger charge is -2.33. The number of hydrogen-bond acceptors (Lipinski definition) is 4. The number of epoxide rings is 1. The summed E-state index contributed by atoms with van der Waals surface area (Å²) in [7, 11) is 2.63. The summed E-state index contributed by atoms with van der Waals surface area (Å²) in [6.45, 7) is 0. The number of rotatable bonds is 4. The molecule has 0 spiro atoms. The zero-order valence-electron chi connectivity index (χ0n) is 8.99. The van der Waals surface area contributed by atoms with Crippen molar-refractivity contribution in [2.45, 2.75) is 37.0 Å². The van der Waals surface area contributed by atoms with Crippen LogP contribution in [-0.4, -0.2) is 42.3 Å². The van der Waals surface area contributed by atoms with Crippen LogP contribution in [0, 0.1) is 0 Å². The van der Waals surface area contributed by atoms with E-state index in [1.54, 1.807) is 21.3 Å². The van der Waals surface area contributed by atoms with Crippen LogP contribution >= 0.6 is 0 Å². The van der Waals surface area contributed by atoms with Crippen molar-refractivity contribution in [1.29, 1.82) is 0 Å². The molecule has 0 aromatic heterocycles. The Hall–Kier alpha value is 0.0569. The van der Waals surface area contributed by atoms with Gasteiger partial charge in [-0.2, -0.15) is 0 Å². The predicted octanol–water partition coefficient (Wildman–Crippen LogP) is 1.19. The van der Waals surface area contributed by atoms with E-state index in [-0.39, 0.29) is 0 Å². The van der Waals surface area contributed by atoms with Crippen LogP contribution in [0.15, 0.2) is 0 Å². The molecule has 3 atom stereocenters. The van der Waals surface area contributed by atoms with Crippen LogP contribution in [0.2, 0.25) is 5.54 Å². The van der Waals surface area contributed by atoms with Crippen LogP contribution in [0.25, 0.3) is 0 Å². The lowest BCUT2D eigenvalue weighted by molar-refractivity contribution is 0.106.